The van der Waals surface area contributed by atoms with Crippen molar-refractivity contribution < 1.29 is 19.0 Å². The second-order valence-corrected chi connectivity index (χ2v) is 9.37. The van der Waals surface area contributed by atoms with Crippen LogP contribution >= 0.6 is 11.8 Å². The molecular weight excluding hydrogens is 472 g/mol. The minimum absolute atomic E-state index is 0.155. The first kappa shape index (κ1) is 23.8. The van der Waals surface area contributed by atoms with E-state index in [4.69, 9.17) is 14.2 Å². The minimum Gasteiger partial charge on any atom is -0.489 e. The van der Waals surface area contributed by atoms with Crippen molar-refractivity contribution in [1.29, 1.82) is 0 Å². The molecule has 0 bridgehead atoms. The van der Waals surface area contributed by atoms with E-state index in [1.54, 1.807) is 0 Å². The summed E-state index contributed by atoms with van der Waals surface area (Å²) in [4.78, 5) is 17.7. The van der Waals surface area contributed by atoms with E-state index in [0.29, 0.717) is 23.1 Å². The van der Waals surface area contributed by atoms with Crippen LogP contribution < -0.4 is 19.5 Å². The van der Waals surface area contributed by atoms with Crippen molar-refractivity contribution in [2.24, 2.45) is 4.99 Å². The van der Waals surface area contributed by atoms with Crippen LogP contribution in [0.3, 0.4) is 0 Å². The van der Waals surface area contributed by atoms with E-state index in [2.05, 4.69) is 35.9 Å². The summed E-state index contributed by atoms with van der Waals surface area (Å²) < 4.78 is 16.9. The fourth-order valence-corrected chi connectivity index (χ4v) is 4.73. The minimum atomic E-state index is -0.155. The van der Waals surface area contributed by atoms with E-state index in [-0.39, 0.29) is 12.7 Å². The summed E-state index contributed by atoms with van der Waals surface area (Å²) in [5, 5.41) is 3.43. The zero-order valence-electron chi connectivity index (χ0n) is 20.0. The van der Waals surface area contributed by atoms with Gasteiger partial charge in [-0.25, -0.2) is 4.99 Å². The number of nitrogens with zero attached hydrogens (tertiary/aromatic N) is 1. The zero-order valence-corrected chi connectivity index (χ0v) is 20.8. The maximum absolute atomic E-state index is 12.6. The van der Waals surface area contributed by atoms with Gasteiger partial charge in [-0.3, -0.25) is 4.79 Å². The molecule has 0 unspecified atom stereocenters. The highest BCUT2D eigenvalue weighted by atomic mass is 32.2. The number of rotatable bonds is 8. The van der Waals surface area contributed by atoms with Gasteiger partial charge in [0.15, 0.2) is 16.7 Å². The Morgan fingerprint density at radius 1 is 1.06 bits per heavy atom. The van der Waals surface area contributed by atoms with Crippen LogP contribution in [-0.2, 0) is 24.2 Å². The van der Waals surface area contributed by atoms with Crippen molar-refractivity contribution in [1.82, 2.24) is 5.32 Å². The van der Waals surface area contributed by atoms with Crippen LogP contribution in [0, 0.1) is 0 Å². The third-order valence-electron chi connectivity index (χ3n) is 5.80. The summed E-state index contributed by atoms with van der Waals surface area (Å²) in [6.45, 7) is 6.64. The molecule has 2 aliphatic heterocycles. The number of thioether (sulfide) groups is 1. The third-order valence-corrected chi connectivity index (χ3v) is 6.71. The Labute approximate surface area is 214 Å². The lowest BCUT2D eigenvalue weighted by molar-refractivity contribution is -0.115. The monoisotopic (exact) mass is 498 g/mol. The van der Waals surface area contributed by atoms with Gasteiger partial charge in [0.2, 0.25) is 6.79 Å². The Hall–Kier alpha value is -3.97. The molecule has 2 aliphatic rings. The molecule has 36 heavy (non-hydrogen) atoms. The van der Waals surface area contributed by atoms with Crippen molar-refractivity contribution in [3.05, 3.63) is 100 Å². The molecule has 0 aromatic heterocycles. The van der Waals surface area contributed by atoms with Gasteiger partial charge in [0.1, 0.15) is 12.4 Å². The Balaban J connectivity index is 1.30. The molecule has 1 amide bonds. The molecule has 5 rings (SSSR count). The van der Waals surface area contributed by atoms with Gasteiger partial charge < -0.3 is 19.5 Å². The second kappa shape index (κ2) is 10.7. The standard InChI is InChI=1S/C29H26N2O4S/c1-3-5-22-14-20(8-12-24(22)33-17-21-9-13-25-26(15-21)35-18-34-25)16-27-28(32)31-29(36-27)30-23-10-6-19(4-2)7-11-23/h3,6-16H,1,4-5,17-18H2,2H3,(H,30,31,32)/b27-16-. The van der Waals surface area contributed by atoms with E-state index < -0.39 is 0 Å². The van der Waals surface area contributed by atoms with E-state index >= 15 is 0 Å². The molecule has 6 nitrogen and oxygen atoms in total. The Morgan fingerprint density at radius 3 is 2.67 bits per heavy atom. The first-order chi connectivity index (χ1) is 17.6. The summed E-state index contributed by atoms with van der Waals surface area (Å²) in [5.74, 6) is 2.10. The number of aryl methyl sites for hydroxylation is 1. The average Bonchev–Trinajstić information content (AvgIpc) is 3.50. The van der Waals surface area contributed by atoms with Crippen molar-refractivity contribution in [3.63, 3.8) is 0 Å². The van der Waals surface area contributed by atoms with Crippen molar-refractivity contribution in [2.75, 3.05) is 6.79 Å². The molecule has 3 aromatic carbocycles. The first-order valence-corrected chi connectivity index (χ1v) is 12.6. The van der Waals surface area contributed by atoms with E-state index in [0.717, 1.165) is 46.0 Å². The molecule has 1 fully saturated rings. The fraction of sp³-hybridized carbons (Fsp3) is 0.172. The molecule has 1 N–H and O–H groups in total. The topological polar surface area (TPSA) is 69.2 Å². The maximum Gasteiger partial charge on any atom is 0.264 e. The molecule has 0 aliphatic carbocycles. The van der Waals surface area contributed by atoms with Gasteiger partial charge in [-0.1, -0.05) is 37.3 Å². The maximum atomic E-state index is 12.6. The number of hydrogen-bond donors (Lipinski definition) is 1. The normalized spacial score (nSPS) is 16.4. The summed E-state index contributed by atoms with van der Waals surface area (Å²) in [5.41, 5.74) is 4.96. The number of allylic oxidation sites excluding steroid dienone is 1. The highest BCUT2D eigenvalue weighted by Gasteiger charge is 2.24. The summed E-state index contributed by atoms with van der Waals surface area (Å²) in [6, 6.07) is 19.7. The lowest BCUT2D eigenvalue weighted by Gasteiger charge is -2.12. The van der Waals surface area contributed by atoms with Crippen molar-refractivity contribution in [3.8, 4) is 17.2 Å². The van der Waals surface area contributed by atoms with Crippen LogP contribution in [0.4, 0.5) is 5.69 Å². The molecular formula is C29H26N2O4S. The van der Waals surface area contributed by atoms with Crippen molar-refractivity contribution >= 4 is 34.6 Å². The van der Waals surface area contributed by atoms with E-state index in [1.165, 1.54) is 17.3 Å². The molecule has 0 radical (unpaired) electrons. The number of fused-ring (bicyclic) bond motifs is 1. The van der Waals surface area contributed by atoms with E-state index in [1.807, 2.05) is 60.7 Å². The van der Waals surface area contributed by atoms with Gasteiger partial charge in [-0.2, -0.15) is 0 Å². The fourth-order valence-electron chi connectivity index (χ4n) is 3.89. The lowest BCUT2D eigenvalue weighted by atomic mass is 10.1. The summed E-state index contributed by atoms with van der Waals surface area (Å²) in [7, 11) is 0. The molecule has 1 saturated heterocycles. The summed E-state index contributed by atoms with van der Waals surface area (Å²) in [6.07, 6.45) is 5.33. The number of ether oxygens (including phenoxy) is 3. The smallest absolute Gasteiger partial charge is 0.264 e. The zero-order chi connectivity index (χ0) is 24.9. The van der Waals surface area contributed by atoms with Gasteiger partial charge in [0, 0.05) is 0 Å². The molecule has 0 spiro atoms. The number of nitrogens with one attached hydrogen (secondary N) is 1. The largest absolute Gasteiger partial charge is 0.489 e. The van der Waals surface area contributed by atoms with Gasteiger partial charge in [0.25, 0.3) is 5.91 Å². The molecule has 7 heteroatoms. The highest BCUT2D eigenvalue weighted by Crippen LogP contribution is 2.33. The molecule has 0 saturated carbocycles. The average molecular weight is 499 g/mol. The van der Waals surface area contributed by atoms with Gasteiger partial charge in [-0.15, -0.1) is 6.58 Å². The van der Waals surface area contributed by atoms with E-state index in [9.17, 15) is 4.79 Å². The first-order valence-electron chi connectivity index (χ1n) is 11.7. The number of aliphatic imine (C=N–C) groups is 1. The molecule has 182 valence electrons. The van der Waals surface area contributed by atoms with Crippen LogP contribution in [-0.4, -0.2) is 17.9 Å². The van der Waals surface area contributed by atoms with Gasteiger partial charge in [0.05, 0.1) is 10.6 Å². The SMILES string of the molecule is C=CCc1cc(/C=C2\SC(=Nc3ccc(CC)cc3)NC2=O)ccc1OCc1ccc2c(c1)OCO2. The Kier molecular flexibility index (Phi) is 7.09. The van der Waals surface area contributed by atoms with Crippen LogP contribution in [0.25, 0.3) is 6.08 Å². The number of carbonyl (C=O) groups is 1. The number of amidine groups is 1. The van der Waals surface area contributed by atoms with Crippen molar-refractivity contribution in [2.45, 2.75) is 26.4 Å². The van der Waals surface area contributed by atoms with Gasteiger partial charge in [-0.05, 0) is 89.3 Å². The predicted molar refractivity (Wildman–Crippen MR) is 144 cm³/mol. The predicted octanol–water partition coefficient (Wildman–Crippen LogP) is 6.18. The van der Waals surface area contributed by atoms with Crippen LogP contribution in [0.5, 0.6) is 17.2 Å². The van der Waals surface area contributed by atoms with Crippen LogP contribution in [0.2, 0.25) is 0 Å². The van der Waals surface area contributed by atoms with Gasteiger partial charge >= 0.3 is 0 Å². The third kappa shape index (κ3) is 5.47. The molecule has 2 heterocycles. The molecule has 3 aromatic rings. The highest BCUT2D eigenvalue weighted by molar-refractivity contribution is 8.18. The quantitative estimate of drug-likeness (QED) is 0.297. The molecule has 0 atom stereocenters. The Morgan fingerprint density at radius 2 is 1.86 bits per heavy atom. The van der Waals surface area contributed by atoms with Crippen LogP contribution in [0.1, 0.15) is 29.2 Å². The number of amides is 1. The summed E-state index contributed by atoms with van der Waals surface area (Å²) >= 11 is 1.34. The van der Waals surface area contributed by atoms with Crippen LogP contribution in [0.15, 0.2) is 83.2 Å². The number of benzene rings is 3. The second-order valence-electron chi connectivity index (χ2n) is 8.34. The number of hydrogen-bond acceptors (Lipinski definition) is 6. The lowest BCUT2D eigenvalue weighted by Crippen LogP contribution is -2.19. The Bertz CT molecular complexity index is 1360. The number of carbonyl (C=O) groups excluding carboxylic acids is 1.